The van der Waals surface area contributed by atoms with Crippen LogP contribution in [0.5, 0.6) is 0 Å². The van der Waals surface area contributed by atoms with E-state index in [0.29, 0.717) is 0 Å². The van der Waals surface area contributed by atoms with Gasteiger partial charge in [-0.25, -0.2) is 0 Å². The number of hydrogen-bond acceptors (Lipinski definition) is 3. The van der Waals surface area contributed by atoms with Crippen LogP contribution >= 0.6 is 0 Å². The third-order valence-corrected chi connectivity index (χ3v) is 2.89. The molecule has 80 valence electrons. The van der Waals surface area contributed by atoms with Gasteiger partial charge in [0.15, 0.2) is 6.23 Å². The van der Waals surface area contributed by atoms with Crippen molar-refractivity contribution in [2.75, 3.05) is 7.05 Å². The summed E-state index contributed by atoms with van der Waals surface area (Å²) in [6.07, 6.45) is 0.314. The lowest BCUT2D eigenvalue weighted by molar-refractivity contribution is 0.0621. The summed E-state index contributed by atoms with van der Waals surface area (Å²) < 4.78 is 0. The number of hydrogen-bond donors (Lipinski definition) is 1. The van der Waals surface area contributed by atoms with Crippen molar-refractivity contribution in [3.8, 4) is 0 Å². The summed E-state index contributed by atoms with van der Waals surface area (Å²) in [5.74, 6) is 0.906. The van der Waals surface area contributed by atoms with Crippen molar-refractivity contribution in [3.05, 3.63) is 35.9 Å². The van der Waals surface area contributed by atoms with Gasteiger partial charge in [-0.05, 0) is 18.9 Å². The summed E-state index contributed by atoms with van der Waals surface area (Å²) >= 11 is 0. The molecule has 1 N–H and O–H groups in total. The topological polar surface area (TPSA) is 35.8 Å². The first-order valence-corrected chi connectivity index (χ1v) is 5.17. The predicted molar refractivity (Wildman–Crippen MR) is 60.8 cm³/mol. The molecule has 0 spiro atoms. The monoisotopic (exact) mass is 204 g/mol. The van der Waals surface area contributed by atoms with Gasteiger partial charge in [0.05, 0.1) is 5.84 Å². The Labute approximate surface area is 90.1 Å². The van der Waals surface area contributed by atoms with Gasteiger partial charge in [0.25, 0.3) is 0 Å². The van der Waals surface area contributed by atoms with Crippen LogP contribution in [0.25, 0.3) is 0 Å². The Morgan fingerprint density at radius 2 is 2.00 bits per heavy atom. The van der Waals surface area contributed by atoms with Gasteiger partial charge in [-0.2, -0.15) is 0 Å². The van der Waals surface area contributed by atoms with Crippen LogP contribution in [0.1, 0.15) is 12.5 Å². The molecule has 0 bridgehead atoms. The van der Waals surface area contributed by atoms with Crippen LogP contribution in [0.3, 0.4) is 0 Å². The lowest BCUT2D eigenvalue weighted by atomic mass is 10.1. The predicted octanol–water partition coefficient (Wildman–Crippen LogP) is 1.28. The van der Waals surface area contributed by atoms with Gasteiger partial charge in [-0.1, -0.05) is 30.3 Å². The molecule has 1 aliphatic heterocycles. The second kappa shape index (κ2) is 4.03. The number of aliphatic imine (C=N–C) groups is 1. The molecule has 1 aromatic carbocycles. The molecular weight excluding hydrogens is 188 g/mol. The van der Waals surface area contributed by atoms with Crippen molar-refractivity contribution in [1.29, 1.82) is 0 Å². The summed E-state index contributed by atoms with van der Waals surface area (Å²) in [4.78, 5) is 6.25. The Balaban J connectivity index is 2.08. The van der Waals surface area contributed by atoms with Gasteiger partial charge < -0.3 is 10.0 Å². The highest BCUT2D eigenvalue weighted by molar-refractivity contribution is 5.81. The van der Waals surface area contributed by atoms with E-state index in [4.69, 9.17) is 0 Å². The molecule has 3 nitrogen and oxygen atoms in total. The molecule has 0 saturated carbocycles. The Kier molecular flexibility index (Phi) is 2.73. The van der Waals surface area contributed by atoms with Crippen LogP contribution in [-0.4, -0.2) is 35.2 Å². The highest BCUT2D eigenvalue weighted by Gasteiger charge is 2.29. The van der Waals surface area contributed by atoms with Crippen LogP contribution in [0.4, 0.5) is 0 Å². The van der Waals surface area contributed by atoms with Gasteiger partial charge in [-0.15, -0.1) is 0 Å². The van der Waals surface area contributed by atoms with E-state index in [0.717, 1.165) is 12.3 Å². The van der Waals surface area contributed by atoms with E-state index < -0.39 is 6.23 Å². The fourth-order valence-corrected chi connectivity index (χ4v) is 1.85. The summed E-state index contributed by atoms with van der Waals surface area (Å²) in [7, 11) is 1.87. The van der Waals surface area contributed by atoms with Crippen molar-refractivity contribution in [2.45, 2.75) is 25.6 Å². The SMILES string of the molecule is CC1=NC(Cc2ccccc2)C(O)N1C. The molecular formula is C12H16N2O. The van der Waals surface area contributed by atoms with E-state index >= 15 is 0 Å². The smallest absolute Gasteiger partial charge is 0.150 e. The fraction of sp³-hybridized carbons (Fsp3) is 0.417. The van der Waals surface area contributed by atoms with E-state index in [2.05, 4.69) is 17.1 Å². The fourth-order valence-electron chi connectivity index (χ4n) is 1.85. The van der Waals surface area contributed by atoms with Crippen molar-refractivity contribution < 1.29 is 5.11 Å². The highest BCUT2D eigenvalue weighted by Crippen LogP contribution is 2.17. The maximum atomic E-state index is 9.90. The molecule has 15 heavy (non-hydrogen) atoms. The maximum absolute atomic E-state index is 9.90. The third kappa shape index (κ3) is 2.02. The van der Waals surface area contributed by atoms with Gasteiger partial charge in [0, 0.05) is 7.05 Å². The van der Waals surface area contributed by atoms with E-state index in [-0.39, 0.29) is 6.04 Å². The van der Waals surface area contributed by atoms with Crippen molar-refractivity contribution in [3.63, 3.8) is 0 Å². The van der Waals surface area contributed by atoms with Crippen molar-refractivity contribution >= 4 is 5.84 Å². The number of likely N-dealkylation sites (N-methyl/N-ethyl adjacent to an activating group) is 1. The summed E-state index contributed by atoms with van der Waals surface area (Å²) in [6, 6.07) is 10.1. The van der Waals surface area contributed by atoms with E-state index in [1.165, 1.54) is 5.56 Å². The summed E-state index contributed by atoms with van der Waals surface area (Å²) in [6.45, 7) is 1.92. The lowest BCUT2D eigenvalue weighted by Crippen LogP contribution is -2.36. The molecule has 0 aliphatic carbocycles. The normalized spacial score (nSPS) is 25.5. The number of nitrogens with zero attached hydrogens (tertiary/aromatic N) is 2. The molecule has 0 aromatic heterocycles. The average Bonchev–Trinajstić information content (AvgIpc) is 2.48. The van der Waals surface area contributed by atoms with Gasteiger partial charge in [-0.3, -0.25) is 4.99 Å². The largest absolute Gasteiger partial charge is 0.371 e. The molecule has 2 rings (SSSR count). The van der Waals surface area contributed by atoms with E-state index in [1.54, 1.807) is 0 Å². The highest BCUT2D eigenvalue weighted by atomic mass is 16.3. The van der Waals surface area contributed by atoms with Crippen LogP contribution in [-0.2, 0) is 6.42 Å². The quantitative estimate of drug-likeness (QED) is 0.787. The van der Waals surface area contributed by atoms with Crippen molar-refractivity contribution in [1.82, 2.24) is 4.90 Å². The lowest BCUT2D eigenvalue weighted by Gasteiger charge is -2.20. The Morgan fingerprint density at radius 3 is 2.53 bits per heavy atom. The number of benzene rings is 1. The van der Waals surface area contributed by atoms with E-state index in [1.807, 2.05) is 37.1 Å². The Bertz CT molecular complexity index is 361. The van der Waals surface area contributed by atoms with Gasteiger partial charge in [0.2, 0.25) is 0 Å². The summed E-state index contributed by atoms with van der Waals surface area (Å²) in [5, 5.41) is 9.90. The van der Waals surface area contributed by atoms with Crippen LogP contribution in [0, 0.1) is 0 Å². The molecule has 0 fully saturated rings. The first kappa shape index (κ1) is 10.2. The minimum Gasteiger partial charge on any atom is -0.371 e. The van der Waals surface area contributed by atoms with Crippen LogP contribution < -0.4 is 0 Å². The molecule has 0 amide bonds. The average molecular weight is 204 g/mol. The van der Waals surface area contributed by atoms with Crippen molar-refractivity contribution in [2.24, 2.45) is 4.99 Å². The molecule has 2 atom stereocenters. The Morgan fingerprint density at radius 1 is 1.33 bits per heavy atom. The molecule has 1 heterocycles. The number of aliphatic hydroxyl groups excluding tert-OH is 1. The number of rotatable bonds is 2. The molecule has 0 saturated heterocycles. The second-order valence-corrected chi connectivity index (χ2v) is 3.96. The zero-order valence-electron chi connectivity index (χ0n) is 9.09. The maximum Gasteiger partial charge on any atom is 0.150 e. The standard InChI is InChI=1S/C12H16N2O/c1-9-13-11(12(15)14(9)2)8-10-6-4-3-5-7-10/h3-7,11-12,15H,8H2,1-2H3. The van der Waals surface area contributed by atoms with Gasteiger partial charge >= 0.3 is 0 Å². The second-order valence-electron chi connectivity index (χ2n) is 3.96. The molecule has 0 radical (unpaired) electrons. The molecule has 2 unspecified atom stereocenters. The molecule has 1 aliphatic rings. The number of amidine groups is 1. The zero-order valence-corrected chi connectivity index (χ0v) is 9.09. The van der Waals surface area contributed by atoms with E-state index in [9.17, 15) is 5.11 Å². The minimum atomic E-state index is -0.481. The molecule has 1 aromatic rings. The zero-order chi connectivity index (χ0) is 10.8. The molecule has 3 heteroatoms. The van der Waals surface area contributed by atoms with Crippen LogP contribution in [0.2, 0.25) is 0 Å². The first-order valence-electron chi connectivity index (χ1n) is 5.17. The summed E-state index contributed by atoms with van der Waals surface area (Å²) in [5.41, 5.74) is 1.22. The third-order valence-electron chi connectivity index (χ3n) is 2.89. The minimum absolute atomic E-state index is 0.0302. The number of aliphatic hydroxyl groups is 1. The van der Waals surface area contributed by atoms with Crippen LogP contribution in [0.15, 0.2) is 35.3 Å². The Hall–Kier alpha value is -1.35. The van der Waals surface area contributed by atoms with Gasteiger partial charge in [0.1, 0.15) is 6.04 Å². The first-order chi connectivity index (χ1) is 7.18.